The van der Waals surface area contributed by atoms with Gasteiger partial charge in [-0.05, 0) is 36.8 Å². The van der Waals surface area contributed by atoms with Gasteiger partial charge in [-0.1, -0.05) is 11.2 Å². The van der Waals surface area contributed by atoms with Crippen molar-refractivity contribution in [1.29, 1.82) is 0 Å². The third kappa shape index (κ3) is 1.78. The number of rotatable bonds is 2. The van der Waals surface area contributed by atoms with Crippen molar-refractivity contribution in [2.45, 2.75) is 13.5 Å². The highest BCUT2D eigenvalue weighted by Gasteiger charge is 2.06. The van der Waals surface area contributed by atoms with E-state index in [9.17, 15) is 0 Å². The van der Waals surface area contributed by atoms with Crippen LogP contribution in [0.4, 0.5) is 0 Å². The fourth-order valence-corrected chi connectivity index (χ4v) is 2.19. The Morgan fingerprint density at radius 1 is 1.41 bits per heavy atom. The molecule has 0 aliphatic heterocycles. The van der Waals surface area contributed by atoms with Crippen molar-refractivity contribution < 1.29 is 4.52 Å². The lowest BCUT2D eigenvalue weighted by atomic mass is 10.2. The molecule has 1 aromatic carbocycles. The Morgan fingerprint density at radius 3 is 3.06 bits per heavy atom. The molecule has 2 heterocycles. The Labute approximate surface area is 103 Å². The normalized spacial score (nSPS) is 11.1. The van der Waals surface area contributed by atoms with Gasteiger partial charge in [0.1, 0.15) is 0 Å². The van der Waals surface area contributed by atoms with Crippen LogP contribution in [0.3, 0.4) is 0 Å². The van der Waals surface area contributed by atoms with Gasteiger partial charge in [0.2, 0.25) is 0 Å². The molecule has 0 amide bonds. The van der Waals surface area contributed by atoms with Crippen molar-refractivity contribution in [3.8, 4) is 0 Å². The van der Waals surface area contributed by atoms with E-state index in [1.807, 2.05) is 10.6 Å². The lowest BCUT2D eigenvalue weighted by Crippen LogP contribution is -1.98. The SMILES string of the molecule is Cc1ccc2c(c1)[nH]c(=S)n2Cc1ccno1. The number of aromatic nitrogens is 3. The van der Waals surface area contributed by atoms with Crippen LogP contribution in [0.25, 0.3) is 11.0 Å². The third-order valence-electron chi connectivity index (χ3n) is 2.73. The van der Waals surface area contributed by atoms with Crippen LogP contribution in [-0.2, 0) is 6.54 Å². The summed E-state index contributed by atoms with van der Waals surface area (Å²) in [6.45, 7) is 2.66. The summed E-state index contributed by atoms with van der Waals surface area (Å²) in [6, 6.07) is 8.06. The first-order valence-electron chi connectivity index (χ1n) is 5.33. The minimum Gasteiger partial charge on any atom is -0.359 e. The maximum Gasteiger partial charge on any atom is 0.178 e. The predicted octanol–water partition coefficient (Wildman–Crippen LogP) is 3.04. The first kappa shape index (κ1) is 10.3. The molecule has 0 aliphatic carbocycles. The van der Waals surface area contributed by atoms with Crippen LogP contribution < -0.4 is 0 Å². The van der Waals surface area contributed by atoms with Crippen LogP contribution in [0.2, 0.25) is 0 Å². The van der Waals surface area contributed by atoms with Gasteiger partial charge in [0, 0.05) is 6.07 Å². The first-order valence-corrected chi connectivity index (χ1v) is 5.73. The Kier molecular flexibility index (Phi) is 2.33. The van der Waals surface area contributed by atoms with Gasteiger partial charge in [0.25, 0.3) is 0 Å². The van der Waals surface area contributed by atoms with Crippen molar-refractivity contribution in [2.24, 2.45) is 0 Å². The summed E-state index contributed by atoms with van der Waals surface area (Å²) in [4.78, 5) is 3.20. The average Bonchev–Trinajstić information content (AvgIpc) is 2.88. The monoisotopic (exact) mass is 245 g/mol. The number of aryl methyl sites for hydroxylation is 1. The van der Waals surface area contributed by atoms with Crippen molar-refractivity contribution in [3.05, 3.63) is 46.6 Å². The lowest BCUT2D eigenvalue weighted by Gasteiger charge is -2.01. The summed E-state index contributed by atoms with van der Waals surface area (Å²) in [6.07, 6.45) is 1.64. The second kappa shape index (κ2) is 3.85. The first-order chi connectivity index (χ1) is 8.24. The molecule has 0 saturated carbocycles. The van der Waals surface area contributed by atoms with Crippen LogP contribution in [-0.4, -0.2) is 14.7 Å². The molecule has 17 heavy (non-hydrogen) atoms. The van der Waals surface area contributed by atoms with E-state index in [4.69, 9.17) is 16.7 Å². The predicted molar refractivity (Wildman–Crippen MR) is 67.5 cm³/mol. The van der Waals surface area contributed by atoms with E-state index in [0.29, 0.717) is 11.3 Å². The van der Waals surface area contributed by atoms with Gasteiger partial charge in [-0.15, -0.1) is 0 Å². The number of nitrogens with zero attached hydrogens (tertiary/aromatic N) is 2. The molecule has 0 aliphatic rings. The van der Waals surface area contributed by atoms with Gasteiger partial charge in [-0.2, -0.15) is 0 Å². The van der Waals surface area contributed by atoms with Gasteiger partial charge < -0.3 is 14.1 Å². The van der Waals surface area contributed by atoms with Crippen molar-refractivity contribution in [1.82, 2.24) is 14.7 Å². The maximum absolute atomic E-state index is 5.31. The molecular weight excluding hydrogens is 234 g/mol. The van der Waals surface area contributed by atoms with E-state index < -0.39 is 0 Å². The van der Waals surface area contributed by atoms with Crippen molar-refractivity contribution >= 4 is 23.3 Å². The van der Waals surface area contributed by atoms with Gasteiger partial charge in [-0.25, -0.2) is 0 Å². The van der Waals surface area contributed by atoms with Crippen molar-refractivity contribution in [3.63, 3.8) is 0 Å². The van der Waals surface area contributed by atoms with Crippen LogP contribution in [0.5, 0.6) is 0 Å². The topological polar surface area (TPSA) is 46.8 Å². The molecule has 0 saturated heterocycles. The zero-order valence-electron chi connectivity index (χ0n) is 9.30. The molecule has 2 aromatic heterocycles. The Bertz CT molecular complexity index is 709. The Morgan fingerprint density at radius 2 is 2.29 bits per heavy atom. The van der Waals surface area contributed by atoms with E-state index in [0.717, 1.165) is 16.8 Å². The molecule has 3 aromatic rings. The highest BCUT2D eigenvalue weighted by molar-refractivity contribution is 7.71. The summed E-state index contributed by atoms with van der Waals surface area (Å²) in [5.74, 6) is 0.794. The molecule has 86 valence electrons. The molecule has 0 unspecified atom stereocenters. The summed E-state index contributed by atoms with van der Waals surface area (Å²) in [5, 5.41) is 3.69. The number of benzene rings is 1. The molecule has 0 atom stereocenters. The fourth-order valence-electron chi connectivity index (χ4n) is 1.91. The van der Waals surface area contributed by atoms with E-state index >= 15 is 0 Å². The zero-order chi connectivity index (χ0) is 11.8. The number of hydrogen-bond donors (Lipinski definition) is 1. The van der Waals surface area contributed by atoms with Gasteiger partial charge in [0.05, 0.1) is 23.8 Å². The van der Waals surface area contributed by atoms with E-state index in [1.165, 1.54) is 5.56 Å². The molecule has 3 rings (SSSR count). The largest absolute Gasteiger partial charge is 0.359 e. The van der Waals surface area contributed by atoms with Gasteiger partial charge in [-0.3, -0.25) is 0 Å². The zero-order valence-corrected chi connectivity index (χ0v) is 10.1. The highest BCUT2D eigenvalue weighted by Crippen LogP contribution is 2.17. The number of aromatic amines is 1. The number of hydrogen-bond acceptors (Lipinski definition) is 3. The minimum absolute atomic E-state index is 0.599. The van der Waals surface area contributed by atoms with Crippen LogP contribution >= 0.6 is 12.2 Å². The second-order valence-corrected chi connectivity index (χ2v) is 4.40. The van der Waals surface area contributed by atoms with Gasteiger partial charge in [0.15, 0.2) is 10.5 Å². The number of fused-ring (bicyclic) bond motifs is 1. The molecule has 4 nitrogen and oxygen atoms in total. The lowest BCUT2D eigenvalue weighted by molar-refractivity contribution is 0.377. The molecule has 1 N–H and O–H groups in total. The molecule has 0 radical (unpaired) electrons. The summed E-state index contributed by atoms with van der Waals surface area (Å²) >= 11 is 5.31. The molecular formula is C12H11N3OS. The molecule has 0 bridgehead atoms. The second-order valence-electron chi connectivity index (χ2n) is 4.02. The van der Waals surface area contributed by atoms with Crippen LogP contribution in [0.1, 0.15) is 11.3 Å². The van der Waals surface area contributed by atoms with E-state index in [-0.39, 0.29) is 0 Å². The van der Waals surface area contributed by atoms with Crippen LogP contribution in [0.15, 0.2) is 35.0 Å². The number of H-pyrrole nitrogens is 1. The van der Waals surface area contributed by atoms with Crippen molar-refractivity contribution in [2.75, 3.05) is 0 Å². The summed E-state index contributed by atoms with van der Waals surface area (Å²) in [7, 11) is 0. The Hall–Kier alpha value is -1.88. The Balaban J connectivity index is 2.16. The molecule has 0 fully saturated rings. The molecule has 5 heteroatoms. The minimum atomic E-state index is 0.599. The van der Waals surface area contributed by atoms with Gasteiger partial charge >= 0.3 is 0 Å². The van der Waals surface area contributed by atoms with E-state index in [2.05, 4.69) is 35.3 Å². The third-order valence-corrected chi connectivity index (χ3v) is 3.06. The highest BCUT2D eigenvalue weighted by atomic mass is 32.1. The van der Waals surface area contributed by atoms with E-state index in [1.54, 1.807) is 6.20 Å². The fraction of sp³-hybridized carbons (Fsp3) is 0.167. The standard InChI is InChI=1S/C12H11N3OS/c1-8-2-3-11-10(6-8)14-12(17)15(11)7-9-4-5-13-16-9/h2-6H,7H2,1H3,(H,14,17). The number of nitrogens with one attached hydrogen (secondary N) is 1. The maximum atomic E-state index is 5.31. The summed E-state index contributed by atoms with van der Waals surface area (Å²) < 4.78 is 7.80. The average molecular weight is 245 g/mol. The van der Waals surface area contributed by atoms with Crippen LogP contribution in [0, 0.1) is 11.7 Å². The molecule has 0 spiro atoms. The smallest absolute Gasteiger partial charge is 0.178 e. The quantitative estimate of drug-likeness (QED) is 0.706. The number of imidazole rings is 1. The summed E-state index contributed by atoms with van der Waals surface area (Å²) in [5.41, 5.74) is 3.34.